The van der Waals surface area contributed by atoms with Gasteiger partial charge in [-0.3, -0.25) is 0 Å². The van der Waals surface area contributed by atoms with E-state index in [9.17, 15) is 0 Å². The first-order chi connectivity index (χ1) is 6.26. The molecule has 1 atom stereocenters. The minimum absolute atomic E-state index is 0.184. The van der Waals surface area contributed by atoms with Crippen LogP contribution >= 0.6 is 11.8 Å². The summed E-state index contributed by atoms with van der Waals surface area (Å²) in [6, 6.07) is 0. The van der Waals surface area contributed by atoms with E-state index < -0.39 is 0 Å². The van der Waals surface area contributed by atoms with Crippen molar-refractivity contribution in [3.05, 3.63) is 11.7 Å². The molecule has 0 saturated carbocycles. The molecule has 13 heavy (non-hydrogen) atoms. The van der Waals surface area contributed by atoms with Gasteiger partial charge in [0.05, 0.1) is 12.4 Å². The first-order valence-corrected chi connectivity index (χ1v) is 5.35. The molecular formula is C8H14N2O2S. The fraction of sp³-hybridized carbons (Fsp3) is 0.750. The lowest BCUT2D eigenvalue weighted by atomic mass is 10.5. The molecule has 0 saturated heterocycles. The molecule has 0 aromatic carbocycles. The molecule has 4 nitrogen and oxygen atoms in total. The van der Waals surface area contributed by atoms with Crippen LogP contribution in [-0.2, 0) is 12.2 Å². The molecule has 0 bridgehead atoms. The summed E-state index contributed by atoms with van der Waals surface area (Å²) < 4.78 is 4.94. The van der Waals surface area contributed by atoms with Crippen LogP contribution in [0.5, 0.6) is 0 Å². The molecule has 1 N–H and O–H groups in total. The molecule has 1 unspecified atom stereocenters. The minimum Gasteiger partial charge on any atom is -0.395 e. The van der Waals surface area contributed by atoms with Gasteiger partial charge < -0.3 is 9.63 Å². The molecule has 74 valence electrons. The SMILES string of the molecule is CCc1nc(CSC(C)CO)no1. The van der Waals surface area contributed by atoms with Gasteiger partial charge in [-0.15, -0.1) is 11.8 Å². The molecule has 0 radical (unpaired) electrons. The van der Waals surface area contributed by atoms with Crippen LogP contribution in [0, 0.1) is 0 Å². The number of thioether (sulfide) groups is 1. The van der Waals surface area contributed by atoms with Crippen molar-refractivity contribution < 1.29 is 9.63 Å². The Labute approximate surface area is 81.7 Å². The maximum absolute atomic E-state index is 8.78. The second-order valence-corrected chi connectivity index (χ2v) is 4.19. The van der Waals surface area contributed by atoms with E-state index in [-0.39, 0.29) is 11.9 Å². The predicted octanol–water partition coefficient (Wildman–Crippen LogP) is 1.25. The molecule has 0 aliphatic carbocycles. The Hall–Kier alpha value is -0.550. The lowest BCUT2D eigenvalue weighted by molar-refractivity contribution is 0.300. The molecule has 1 aromatic rings. The molecule has 1 aromatic heterocycles. The number of aromatic nitrogens is 2. The molecule has 0 aliphatic heterocycles. The summed E-state index contributed by atoms with van der Waals surface area (Å²) in [5.41, 5.74) is 0. The quantitative estimate of drug-likeness (QED) is 0.778. The largest absolute Gasteiger partial charge is 0.395 e. The van der Waals surface area contributed by atoms with Crippen LogP contribution in [0.3, 0.4) is 0 Å². The third-order valence-electron chi connectivity index (χ3n) is 1.57. The van der Waals surface area contributed by atoms with Crippen LogP contribution in [0.25, 0.3) is 0 Å². The molecule has 0 spiro atoms. The normalized spacial score (nSPS) is 13.2. The summed E-state index contributed by atoms with van der Waals surface area (Å²) in [5.74, 6) is 2.08. The van der Waals surface area contributed by atoms with E-state index in [4.69, 9.17) is 9.63 Å². The molecule has 0 aliphatic rings. The van der Waals surface area contributed by atoms with Crippen molar-refractivity contribution in [3.8, 4) is 0 Å². The third kappa shape index (κ3) is 3.36. The van der Waals surface area contributed by atoms with Gasteiger partial charge in [0, 0.05) is 11.7 Å². The number of hydrogen-bond acceptors (Lipinski definition) is 5. The Balaban J connectivity index is 2.36. The average molecular weight is 202 g/mol. The van der Waals surface area contributed by atoms with Crippen molar-refractivity contribution in [2.24, 2.45) is 0 Å². The summed E-state index contributed by atoms with van der Waals surface area (Å²) in [7, 11) is 0. The zero-order chi connectivity index (χ0) is 9.68. The van der Waals surface area contributed by atoms with Crippen LogP contribution in [0.4, 0.5) is 0 Å². The van der Waals surface area contributed by atoms with Crippen molar-refractivity contribution in [2.45, 2.75) is 31.3 Å². The second-order valence-electron chi connectivity index (χ2n) is 2.76. The van der Waals surface area contributed by atoms with Gasteiger partial charge in [0.25, 0.3) is 0 Å². The van der Waals surface area contributed by atoms with Crippen molar-refractivity contribution in [1.82, 2.24) is 10.1 Å². The van der Waals surface area contributed by atoms with Crippen LogP contribution in [0.2, 0.25) is 0 Å². The number of aliphatic hydroxyl groups is 1. The van der Waals surface area contributed by atoms with Gasteiger partial charge in [0.15, 0.2) is 5.82 Å². The van der Waals surface area contributed by atoms with Crippen molar-refractivity contribution >= 4 is 11.8 Å². The first kappa shape index (κ1) is 10.5. The van der Waals surface area contributed by atoms with Gasteiger partial charge in [-0.1, -0.05) is 19.0 Å². The fourth-order valence-electron chi connectivity index (χ4n) is 0.762. The van der Waals surface area contributed by atoms with E-state index in [1.165, 1.54) is 0 Å². The molecule has 1 rings (SSSR count). The Morgan fingerprint density at radius 3 is 2.92 bits per heavy atom. The zero-order valence-electron chi connectivity index (χ0n) is 7.86. The average Bonchev–Trinajstić information content (AvgIpc) is 2.61. The lowest BCUT2D eigenvalue weighted by Crippen LogP contribution is -2.02. The molecule has 0 amide bonds. The van der Waals surface area contributed by atoms with Crippen LogP contribution in [0.1, 0.15) is 25.6 Å². The van der Waals surface area contributed by atoms with Crippen molar-refractivity contribution in [2.75, 3.05) is 6.61 Å². The molecular weight excluding hydrogens is 188 g/mol. The summed E-state index contributed by atoms with van der Waals surface area (Å²) in [6.45, 7) is 4.12. The number of aryl methyl sites for hydroxylation is 1. The number of nitrogens with zero attached hydrogens (tertiary/aromatic N) is 2. The Morgan fingerprint density at radius 1 is 1.62 bits per heavy atom. The van der Waals surface area contributed by atoms with Gasteiger partial charge in [-0.25, -0.2) is 0 Å². The number of rotatable bonds is 5. The molecule has 5 heteroatoms. The Morgan fingerprint density at radius 2 is 2.38 bits per heavy atom. The van der Waals surface area contributed by atoms with E-state index in [0.29, 0.717) is 17.5 Å². The number of aliphatic hydroxyl groups excluding tert-OH is 1. The second kappa shape index (κ2) is 5.24. The van der Waals surface area contributed by atoms with Crippen LogP contribution in [0.15, 0.2) is 4.52 Å². The van der Waals surface area contributed by atoms with E-state index in [2.05, 4.69) is 10.1 Å². The fourth-order valence-corrected chi connectivity index (χ4v) is 1.42. The van der Waals surface area contributed by atoms with Crippen molar-refractivity contribution in [1.29, 1.82) is 0 Å². The standard InChI is InChI=1S/C8H14N2O2S/c1-3-8-9-7(10-12-8)5-13-6(2)4-11/h6,11H,3-5H2,1-2H3. The third-order valence-corrected chi connectivity index (χ3v) is 2.71. The highest BCUT2D eigenvalue weighted by Crippen LogP contribution is 2.14. The van der Waals surface area contributed by atoms with Crippen LogP contribution < -0.4 is 0 Å². The van der Waals surface area contributed by atoms with Gasteiger partial charge in [-0.2, -0.15) is 4.98 Å². The van der Waals surface area contributed by atoms with E-state index in [1.807, 2.05) is 13.8 Å². The summed E-state index contributed by atoms with van der Waals surface area (Å²) in [6.07, 6.45) is 0.771. The van der Waals surface area contributed by atoms with E-state index in [0.717, 1.165) is 6.42 Å². The van der Waals surface area contributed by atoms with E-state index in [1.54, 1.807) is 11.8 Å². The summed E-state index contributed by atoms with van der Waals surface area (Å²) in [4.78, 5) is 4.15. The highest BCUT2D eigenvalue weighted by atomic mass is 32.2. The van der Waals surface area contributed by atoms with Crippen molar-refractivity contribution in [3.63, 3.8) is 0 Å². The van der Waals surface area contributed by atoms with Gasteiger partial charge in [0.2, 0.25) is 5.89 Å². The monoisotopic (exact) mass is 202 g/mol. The highest BCUT2D eigenvalue weighted by molar-refractivity contribution is 7.99. The Kier molecular flexibility index (Phi) is 4.24. The summed E-state index contributed by atoms with van der Waals surface area (Å²) in [5, 5.41) is 12.8. The number of hydrogen-bond donors (Lipinski definition) is 1. The van der Waals surface area contributed by atoms with Crippen LogP contribution in [-0.4, -0.2) is 27.1 Å². The summed E-state index contributed by atoms with van der Waals surface area (Å²) >= 11 is 1.62. The predicted molar refractivity (Wildman–Crippen MR) is 51.5 cm³/mol. The minimum atomic E-state index is 0.184. The van der Waals surface area contributed by atoms with Gasteiger partial charge in [0.1, 0.15) is 0 Å². The lowest BCUT2D eigenvalue weighted by Gasteiger charge is -2.03. The van der Waals surface area contributed by atoms with Gasteiger partial charge in [-0.05, 0) is 0 Å². The first-order valence-electron chi connectivity index (χ1n) is 4.30. The van der Waals surface area contributed by atoms with E-state index >= 15 is 0 Å². The Bertz CT molecular complexity index is 252. The topological polar surface area (TPSA) is 59.2 Å². The maximum Gasteiger partial charge on any atom is 0.226 e. The maximum atomic E-state index is 8.78. The highest BCUT2D eigenvalue weighted by Gasteiger charge is 2.06. The van der Waals surface area contributed by atoms with Gasteiger partial charge >= 0.3 is 0 Å². The smallest absolute Gasteiger partial charge is 0.226 e. The molecule has 1 heterocycles. The molecule has 0 fully saturated rings. The zero-order valence-corrected chi connectivity index (χ0v) is 8.67.